The molecule has 3 nitrogen and oxygen atoms in total. The third kappa shape index (κ3) is 2.79. The van der Waals surface area contributed by atoms with E-state index in [2.05, 4.69) is 4.84 Å². The molecule has 0 heterocycles. The summed E-state index contributed by atoms with van der Waals surface area (Å²) in [5, 5.41) is 9.39. The summed E-state index contributed by atoms with van der Waals surface area (Å²) in [4.78, 5) is 4.32. The molecule has 3 N–H and O–H groups in total. The Bertz CT molecular complexity index is 81.1. The van der Waals surface area contributed by atoms with Crippen LogP contribution in [0.2, 0.25) is 0 Å². The van der Waals surface area contributed by atoms with E-state index in [9.17, 15) is 5.11 Å². The average molecular weight is 133 g/mol. The first kappa shape index (κ1) is 8.88. The van der Waals surface area contributed by atoms with Crippen LogP contribution in [0.3, 0.4) is 0 Å². The van der Waals surface area contributed by atoms with Gasteiger partial charge < -0.3 is 9.94 Å². The predicted molar refractivity (Wildman–Crippen MR) is 35.6 cm³/mol. The summed E-state index contributed by atoms with van der Waals surface area (Å²) >= 11 is 0. The lowest BCUT2D eigenvalue weighted by Crippen LogP contribution is -2.37. The zero-order valence-electron chi connectivity index (χ0n) is 6.22. The van der Waals surface area contributed by atoms with Gasteiger partial charge in [-0.05, 0) is 12.8 Å². The molecule has 0 radical (unpaired) electrons. The molecule has 3 heteroatoms. The van der Waals surface area contributed by atoms with E-state index in [-0.39, 0.29) is 12.5 Å². The first-order valence-corrected chi connectivity index (χ1v) is 3.04. The van der Waals surface area contributed by atoms with Gasteiger partial charge >= 0.3 is 0 Å². The highest BCUT2D eigenvalue weighted by Gasteiger charge is 2.24. The summed E-state index contributed by atoms with van der Waals surface area (Å²) < 4.78 is 0. The average Bonchev–Trinajstić information content (AvgIpc) is 1.65. The van der Waals surface area contributed by atoms with E-state index in [0.29, 0.717) is 0 Å². The Balaban J connectivity index is 3.70. The van der Waals surface area contributed by atoms with Crippen molar-refractivity contribution in [2.24, 2.45) is 11.8 Å². The molecule has 0 aromatic heterocycles. The van der Waals surface area contributed by atoms with Gasteiger partial charge in [0.25, 0.3) is 0 Å². The molecule has 0 amide bonds. The normalized spacial score (nSPS) is 18.0. The van der Waals surface area contributed by atoms with E-state index in [0.717, 1.165) is 0 Å². The highest BCUT2D eigenvalue weighted by molar-refractivity contribution is 4.74. The fraction of sp³-hybridized carbons (Fsp3) is 1.00. The topological polar surface area (TPSA) is 55.5 Å². The van der Waals surface area contributed by atoms with Crippen molar-refractivity contribution < 1.29 is 9.94 Å². The molecule has 0 aliphatic rings. The molecule has 9 heavy (non-hydrogen) atoms. The van der Waals surface area contributed by atoms with E-state index >= 15 is 0 Å². The lowest BCUT2D eigenvalue weighted by molar-refractivity contribution is -0.0639. The summed E-state index contributed by atoms with van der Waals surface area (Å²) in [7, 11) is 0. The molecule has 0 spiro atoms. The third-order valence-corrected chi connectivity index (χ3v) is 1.62. The molecular formula is C6H15NO2. The highest BCUT2D eigenvalue weighted by atomic mass is 16.6. The van der Waals surface area contributed by atoms with E-state index in [4.69, 9.17) is 5.90 Å². The molecule has 0 aromatic carbocycles. The van der Waals surface area contributed by atoms with Crippen LogP contribution in [0.25, 0.3) is 0 Å². The molecule has 0 aliphatic heterocycles. The maximum Gasteiger partial charge on any atom is 0.0966 e. The third-order valence-electron chi connectivity index (χ3n) is 1.62. The Morgan fingerprint density at radius 1 is 1.67 bits per heavy atom. The Kier molecular flexibility index (Phi) is 3.11. The van der Waals surface area contributed by atoms with Gasteiger partial charge in [0.05, 0.1) is 12.2 Å². The standard InChI is InChI=1S/C6H15NO2/c1-5(2)6(3,8)4-9-7/h5,8H,4,7H2,1-3H3. The molecule has 56 valence electrons. The number of rotatable bonds is 3. The molecule has 0 saturated heterocycles. The van der Waals surface area contributed by atoms with Crippen LogP contribution in [0.1, 0.15) is 20.8 Å². The van der Waals surface area contributed by atoms with Gasteiger partial charge in [0.15, 0.2) is 0 Å². The molecule has 0 aliphatic carbocycles. The van der Waals surface area contributed by atoms with Crippen molar-refractivity contribution in [3.8, 4) is 0 Å². The Morgan fingerprint density at radius 3 is 2.22 bits per heavy atom. The van der Waals surface area contributed by atoms with Crippen molar-refractivity contribution in [2.75, 3.05) is 6.61 Å². The fourth-order valence-electron chi connectivity index (χ4n) is 0.335. The van der Waals surface area contributed by atoms with Gasteiger partial charge in [-0.3, -0.25) is 0 Å². The SMILES string of the molecule is CC(C)C(C)(O)CON. The minimum atomic E-state index is -0.797. The zero-order chi connectivity index (χ0) is 7.49. The van der Waals surface area contributed by atoms with E-state index in [1.54, 1.807) is 6.92 Å². The lowest BCUT2D eigenvalue weighted by Gasteiger charge is -2.25. The van der Waals surface area contributed by atoms with Crippen molar-refractivity contribution in [3.05, 3.63) is 0 Å². The Labute approximate surface area is 55.8 Å². The second-order valence-electron chi connectivity index (χ2n) is 2.82. The van der Waals surface area contributed by atoms with E-state index < -0.39 is 5.60 Å². The number of hydrogen-bond acceptors (Lipinski definition) is 3. The number of nitrogens with two attached hydrogens (primary N) is 1. The molecule has 0 bridgehead atoms. The number of hydrogen-bond donors (Lipinski definition) is 2. The van der Waals surface area contributed by atoms with Crippen LogP contribution in [0, 0.1) is 5.92 Å². The molecule has 1 atom stereocenters. The Morgan fingerprint density at radius 2 is 2.11 bits per heavy atom. The highest BCUT2D eigenvalue weighted by Crippen LogP contribution is 2.14. The van der Waals surface area contributed by atoms with Gasteiger partial charge in [-0.2, -0.15) is 0 Å². The summed E-state index contributed by atoms with van der Waals surface area (Å²) in [5.41, 5.74) is -0.797. The Hall–Kier alpha value is -0.120. The summed E-state index contributed by atoms with van der Waals surface area (Å²) in [5.74, 6) is 4.96. The summed E-state index contributed by atoms with van der Waals surface area (Å²) in [6.07, 6.45) is 0. The second-order valence-corrected chi connectivity index (χ2v) is 2.82. The van der Waals surface area contributed by atoms with Gasteiger partial charge in [-0.15, -0.1) is 0 Å². The van der Waals surface area contributed by atoms with Crippen molar-refractivity contribution in [2.45, 2.75) is 26.4 Å². The van der Waals surface area contributed by atoms with Crippen LogP contribution in [0.15, 0.2) is 0 Å². The molecule has 0 aromatic rings. The minimum Gasteiger partial charge on any atom is -0.387 e. The van der Waals surface area contributed by atoms with E-state index in [1.165, 1.54) is 0 Å². The van der Waals surface area contributed by atoms with Gasteiger partial charge in [0.1, 0.15) is 0 Å². The lowest BCUT2D eigenvalue weighted by atomic mass is 9.94. The van der Waals surface area contributed by atoms with Crippen LogP contribution in [0.4, 0.5) is 0 Å². The maximum absolute atomic E-state index is 9.39. The monoisotopic (exact) mass is 133 g/mol. The van der Waals surface area contributed by atoms with Gasteiger partial charge in [-0.1, -0.05) is 13.8 Å². The first-order chi connectivity index (χ1) is 4.00. The first-order valence-electron chi connectivity index (χ1n) is 3.04. The summed E-state index contributed by atoms with van der Waals surface area (Å²) in [6.45, 7) is 5.72. The maximum atomic E-state index is 9.39. The summed E-state index contributed by atoms with van der Waals surface area (Å²) in [6, 6.07) is 0. The molecular weight excluding hydrogens is 118 g/mol. The molecule has 0 fully saturated rings. The minimum absolute atomic E-state index is 0.168. The van der Waals surface area contributed by atoms with Gasteiger partial charge in [0, 0.05) is 0 Å². The van der Waals surface area contributed by atoms with Gasteiger partial charge in [0.2, 0.25) is 0 Å². The number of aliphatic hydroxyl groups is 1. The van der Waals surface area contributed by atoms with Crippen LogP contribution in [-0.4, -0.2) is 17.3 Å². The van der Waals surface area contributed by atoms with Crippen molar-refractivity contribution in [1.82, 2.24) is 0 Å². The molecule has 0 rings (SSSR count). The predicted octanol–water partition coefficient (Wildman–Crippen LogP) is 0.284. The second kappa shape index (κ2) is 3.15. The quantitative estimate of drug-likeness (QED) is 0.544. The van der Waals surface area contributed by atoms with Crippen LogP contribution in [0.5, 0.6) is 0 Å². The molecule has 0 saturated carbocycles. The smallest absolute Gasteiger partial charge is 0.0966 e. The van der Waals surface area contributed by atoms with Crippen LogP contribution >= 0.6 is 0 Å². The molecule has 1 unspecified atom stereocenters. The van der Waals surface area contributed by atoms with Crippen LogP contribution < -0.4 is 5.90 Å². The van der Waals surface area contributed by atoms with Crippen LogP contribution in [-0.2, 0) is 4.84 Å². The van der Waals surface area contributed by atoms with E-state index in [1.807, 2.05) is 13.8 Å². The zero-order valence-corrected chi connectivity index (χ0v) is 6.22. The fourth-order valence-corrected chi connectivity index (χ4v) is 0.335. The van der Waals surface area contributed by atoms with Gasteiger partial charge in [-0.25, -0.2) is 5.90 Å². The van der Waals surface area contributed by atoms with Crippen molar-refractivity contribution in [3.63, 3.8) is 0 Å². The van der Waals surface area contributed by atoms with Crippen molar-refractivity contribution >= 4 is 0 Å². The largest absolute Gasteiger partial charge is 0.387 e. The van der Waals surface area contributed by atoms with Crippen molar-refractivity contribution in [1.29, 1.82) is 0 Å².